The average Bonchev–Trinajstić information content (AvgIpc) is 2.25. The fourth-order valence-corrected chi connectivity index (χ4v) is 2.21. The third-order valence-corrected chi connectivity index (χ3v) is 4.18. The van der Waals surface area contributed by atoms with Crippen LogP contribution in [0.2, 0.25) is 0 Å². The molecule has 0 aliphatic heterocycles. The normalized spacial score (nSPS) is 13.1. The molecular weight excluding hydrogens is 250 g/mol. The van der Waals surface area contributed by atoms with Crippen molar-refractivity contribution in [2.45, 2.75) is 18.6 Å². The van der Waals surface area contributed by atoms with E-state index in [9.17, 15) is 18.0 Å². The molecule has 7 nitrogen and oxygen atoms in total. The Balaban J connectivity index is 4.31. The first-order valence-electron chi connectivity index (χ1n) is 5.01. The maximum absolute atomic E-state index is 11.6. The van der Waals surface area contributed by atoms with E-state index in [-0.39, 0.29) is 13.2 Å². The molecule has 1 unspecified atom stereocenters. The minimum atomic E-state index is -3.73. The summed E-state index contributed by atoms with van der Waals surface area (Å²) in [5.41, 5.74) is 0. The molecule has 0 aliphatic carbocycles. The zero-order chi connectivity index (χ0) is 13.5. The van der Waals surface area contributed by atoms with Gasteiger partial charge in [0.25, 0.3) is 0 Å². The van der Waals surface area contributed by atoms with Gasteiger partial charge in [0.1, 0.15) is 5.25 Å². The molecule has 0 spiro atoms. The summed E-state index contributed by atoms with van der Waals surface area (Å²) in [7, 11) is -2.27. The number of carbonyl (C=O) groups is 2. The number of ether oxygens (including phenoxy) is 1. The SMILES string of the molecule is COCCNC(=O)C(C)S(=O)(=O)CCC(=O)O. The fraction of sp³-hybridized carbons (Fsp3) is 0.778. The maximum atomic E-state index is 11.6. The van der Waals surface area contributed by atoms with Gasteiger partial charge in [-0.1, -0.05) is 0 Å². The number of hydrogen-bond acceptors (Lipinski definition) is 5. The fourth-order valence-electron chi connectivity index (χ4n) is 0.989. The maximum Gasteiger partial charge on any atom is 0.304 e. The molecule has 17 heavy (non-hydrogen) atoms. The van der Waals surface area contributed by atoms with Crippen molar-refractivity contribution in [2.75, 3.05) is 26.0 Å². The molecule has 100 valence electrons. The Morgan fingerprint density at radius 3 is 2.47 bits per heavy atom. The molecule has 0 aliphatic rings. The number of aliphatic carboxylic acids is 1. The van der Waals surface area contributed by atoms with Gasteiger partial charge in [-0.15, -0.1) is 0 Å². The lowest BCUT2D eigenvalue weighted by atomic mass is 10.4. The van der Waals surface area contributed by atoms with E-state index in [4.69, 9.17) is 9.84 Å². The largest absolute Gasteiger partial charge is 0.481 e. The molecular formula is C9H17NO6S. The summed E-state index contributed by atoms with van der Waals surface area (Å²) in [6.07, 6.45) is -0.502. The molecule has 0 aromatic rings. The van der Waals surface area contributed by atoms with Gasteiger partial charge in [0.2, 0.25) is 5.91 Å². The minimum Gasteiger partial charge on any atom is -0.481 e. The average molecular weight is 267 g/mol. The van der Waals surface area contributed by atoms with Crippen molar-refractivity contribution in [3.8, 4) is 0 Å². The van der Waals surface area contributed by atoms with Crippen LogP contribution < -0.4 is 5.32 Å². The lowest BCUT2D eigenvalue weighted by molar-refractivity contribution is -0.136. The summed E-state index contributed by atoms with van der Waals surface area (Å²) >= 11 is 0. The van der Waals surface area contributed by atoms with Crippen molar-refractivity contribution in [1.82, 2.24) is 5.32 Å². The second-order valence-corrected chi connectivity index (χ2v) is 5.88. The van der Waals surface area contributed by atoms with Crippen LogP contribution in [-0.2, 0) is 24.2 Å². The number of amides is 1. The summed E-state index contributed by atoms with van der Waals surface area (Å²) in [4.78, 5) is 21.7. The molecule has 2 N–H and O–H groups in total. The highest BCUT2D eigenvalue weighted by Crippen LogP contribution is 2.04. The van der Waals surface area contributed by atoms with Gasteiger partial charge in [0, 0.05) is 13.7 Å². The highest BCUT2D eigenvalue weighted by Gasteiger charge is 2.27. The first-order valence-corrected chi connectivity index (χ1v) is 6.73. The van der Waals surface area contributed by atoms with E-state index in [0.717, 1.165) is 0 Å². The monoisotopic (exact) mass is 267 g/mol. The predicted molar refractivity (Wildman–Crippen MR) is 60.4 cm³/mol. The van der Waals surface area contributed by atoms with Crippen LogP contribution in [0.4, 0.5) is 0 Å². The molecule has 0 aromatic carbocycles. The Labute approximate surface area is 100 Å². The van der Waals surface area contributed by atoms with Crippen molar-refractivity contribution < 1.29 is 27.9 Å². The van der Waals surface area contributed by atoms with Crippen molar-refractivity contribution in [3.63, 3.8) is 0 Å². The van der Waals surface area contributed by atoms with E-state index < -0.39 is 39.1 Å². The van der Waals surface area contributed by atoms with Crippen molar-refractivity contribution in [1.29, 1.82) is 0 Å². The molecule has 8 heteroatoms. The highest BCUT2D eigenvalue weighted by atomic mass is 32.2. The number of methoxy groups -OCH3 is 1. The van der Waals surface area contributed by atoms with E-state index in [0.29, 0.717) is 0 Å². The van der Waals surface area contributed by atoms with Crippen LogP contribution in [0.1, 0.15) is 13.3 Å². The van der Waals surface area contributed by atoms with Crippen LogP contribution in [0.15, 0.2) is 0 Å². The molecule has 0 rings (SSSR count). The van der Waals surface area contributed by atoms with Crippen LogP contribution in [0, 0.1) is 0 Å². The summed E-state index contributed by atoms with van der Waals surface area (Å²) in [6.45, 7) is 1.74. The Morgan fingerprint density at radius 2 is 2.00 bits per heavy atom. The highest BCUT2D eigenvalue weighted by molar-refractivity contribution is 7.92. The van der Waals surface area contributed by atoms with Gasteiger partial charge in [-0.05, 0) is 6.92 Å². The van der Waals surface area contributed by atoms with Gasteiger partial charge in [0.15, 0.2) is 9.84 Å². The number of carbonyl (C=O) groups excluding carboxylic acids is 1. The third-order valence-electron chi connectivity index (χ3n) is 2.11. The van der Waals surface area contributed by atoms with E-state index in [2.05, 4.69) is 5.32 Å². The van der Waals surface area contributed by atoms with Crippen molar-refractivity contribution in [2.24, 2.45) is 0 Å². The smallest absolute Gasteiger partial charge is 0.304 e. The van der Waals surface area contributed by atoms with Gasteiger partial charge >= 0.3 is 5.97 Å². The molecule has 0 aromatic heterocycles. The van der Waals surface area contributed by atoms with Crippen LogP contribution >= 0.6 is 0 Å². The Morgan fingerprint density at radius 1 is 1.41 bits per heavy atom. The third kappa shape index (κ3) is 6.22. The predicted octanol–water partition coefficient (Wildman–Crippen LogP) is -0.973. The molecule has 0 saturated heterocycles. The van der Waals surface area contributed by atoms with Gasteiger partial charge in [-0.2, -0.15) is 0 Å². The Kier molecular flexibility index (Phi) is 6.74. The first-order chi connectivity index (χ1) is 7.81. The van der Waals surface area contributed by atoms with Gasteiger partial charge in [-0.3, -0.25) is 9.59 Å². The molecule has 1 atom stereocenters. The summed E-state index contributed by atoms with van der Waals surface area (Å²) in [6, 6.07) is 0. The van der Waals surface area contributed by atoms with Crippen LogP contribution in [0.5, 0.6) is 0 Å². The minimum absolute atomic E-state index is 0.216. The van der Waals surface area contributed by atoms with E-state index in [1.165, 1.54) is 14.0 Å². The molecule has 0 heterocycles. The van der Waals surface area contributed by atoms with Gasteiger partial charge in [-0.25, -0.2) is 8.42 Å². The number of carboxylic acid groups (broad SMARTS) is 1. The lowest BCUT2D eigenvalue weighted by Gasteiger charge is -2.12. The van der Waals surface area contributed by atoms with Crippen LogP contribution in [0.3, 0.4) is 0 Å². The zero-order valence-electron chi connectivity index (χ0n) is 9.80. The molecule has 0 radical (unpaired) electrons. The van der Waals surface area contributed by atoms with Crippen LogP contribution in [0.25, 0.3) is 0 Å². The van der Waals surface area contributed by atoms with E-state index >= 15 is 0 Å². The number of sulfone groups is 1. The standard InChI is InChI=1S/C9H17NO6S/c1-7(9(13)10-4-5-16-2)17(14,15)6-3-8(11)12/h7H,3-6H2,1-2H3,(H,10,13)(H,11,12). The zero-order valence-corrected chi connectivity index (χ0v) is 10.6. The summed E-state index contributed by atoms with van der Waals surface area (Å²) in [5, 5.41) is 9.52. The quantitative estimate of drug-likeness (QED) is 0.547. The first kappa shape index (κ1) is 15.9. The number of carboxylic acids is 1. The van der Waals surface area contributed by atoms with Gasteiger partial charge < -0.3 is 15.2 Å². The van der Waals surface area contributed by atoms with E-state index in [1.54, 1.807) is 0 Å². The number of hydrogen-bond donors (Lipinski definition) is 2. The van der Waals surface area contributed by atoms with Crippen molar-refractivity contribution >= 4 is 21.7 Å². The number of rotatable bonds is 8. The Hall–Kier alpha value is -1.15. The summed E-state index contributed by atoms with van der Waals surface area (Å²) in [5.74, 6) is -2.39. The molecule has 0 bridgehead atoms. The van der Waals surface area contributed by atoms with Crippen molar-refractivity contribution in [3.05, 3.63) is 0 Å². The number of nitrogens with one attached hydrogen (secondary N) is 1. The second-order valence-electron chi connectivity index (χ2n) is 3.44. The topological polar surface area (TPSA) is 110 Å². The van der Waals surface area contributed by atoms with Gasteiger partial charge in [0.05, 0.1) is 18.8 Å². The lowest BCUT2D eigenvalue weighted by Crippen LogP contribution is -2.40. The summed E-state index contributed by atoms with van der Waals surface area (Å²) < 4.78 is 27.8. The van der Waals surface area contributed by atoms with E-state index in [1.807, 2.05) is 0 Å². The molecule has 0 saturated carbocycles. The Bertz CT molecular complexity index is 364. The second kappa shape index (κ2) is 7.23. The molecule has 0 fully saturated rings. The molecule has 1 amide bonds. The van der Waals surface area contributed by atoms with Crippen LogP contribution in [-0.4, -0.2) is 56.7 Å².